The minimum atomic E-state index is -0.991. The summed E-state index contributed by atoms with van der Waals surface area (Å²) in [6.45, 7) is 0. The van der Waals surface area contributed by atoms with Crippen molar-refractivity contribution in [3.63, 3.8) is 0 Å². The summed E-state index contributed by atoms with van der Waals surface area (Å²) in [5, 5.41) is 4.72. The van der Waals surface area contributed by atoms with Crippen LogP contribution >= 0.6 is 0 Å². The quantitative estimate of drug-likeness (QED) is 0.644. The van der Waals surface area contributed by atoms with E-state index >= 15 is 0 Å². The summed E-state index contributed by atoms with van der Waals surface area (Å²) in [4.78, 5) is 14.2. The molecule has 0 saturated heterocycles. The van der Waals surface area contributed by atoms with Crippen LogP contribution in [-0.4, -0.2) is 14.8 Å². The van der Waals surface area contributed by atoms with Crippen LogP contribution in [0, 0.1) is 11.6 Å². The molecule has 3 aromatic rings. The smallest absolute Gasteiger partial charge is 0.259 e. The topological polar surface area (TPSA) is 50.7 Å². The Bertz CT molecular complexity index is 804. The van der Waals surface area contributed by atoms with Crippen LogP contribution in [0.5, 0.6) is 0 Å². The highest BCUT2D eigenvalue weighted by Crippen LogP contribution is 2.22. The fourth-order valence-electron chi connectivity index (χ4n) is 1.96. The molecule has 2 aromatic heterocycles. The minimum absolute atomic E-state index is 0.255. The number of hydrogen-bond donors (Lipinski definition) is 1. The first-order valence-electron chi connectivity index (χ1n) is 4.90. The maximum atomic E-state index is 13.2. The number of pyridine rings is 1. The lowest BCUT2D eigenvalue weighted by atomic mass is 10.1. The second-order valence-corrected chi connectivity index (χ2v) is 3.80. The largest absolute Gasteiger partial charge is 0.321 e. The fraction of sp³-hybridized carbons (Fsp3) is 0.0909. The highest BCUT2D eigenvalue weighted by molar-refractivity contribution is 6.02. The average molecular weight is 235 g/mol. The molecule has 6 heteroatoms. The van der Waals surface area contributed by atoms with Crippen LogP contribution in [0.15, 0.2) is 23.1 Å². The van der Waals surface area contributed by atoms with Gasteiger partial charge in [0.1, 0.15) is 0 Å². The van der Waals surface area contributed by atoms with Crippen LogP contribution in [0.3, 0.4) is 0 Å². The number of nitrogens with one attached hydrogen (secondary N) is 1. The molecular weight excluding hydrogens is 228 g/mol. The Kier molecular flexibility index (Phi) is 1.83. The molecule has 0 aliphatic carbocycles. The monoisotopic (exact) mass is 235 g/mol. The zero-order chi connectivity index (χ0) is 12.2. The lowest BCUT2D eigenvalue weighted by Gasteiger charge is -2.02. The lowest BCUT2D eigenvalue weighted by molar-refractivity contribution is 0.510. The third-order valence-electron chi connectivity index (χ3n) is 2.75. The molecule has 0 amide bonds. The van der Waals surface area contributed by atoms with E-state index in [1.54, 1.807) is 7.05 Å². The maximum absolute atomic E-state index is 13.2. The van der Waals surface area contributed by atoms with Crippen LogP contribution in [0.1, 0.15) is 0 Å². The molecule has 0 atom stereocenters. The van der Waals surface area contributed by atoms with E-state index in [-0.39, 0.29) is 11.1 Å². The van der Waals surface area contributed by atoms with Crippen molar-refractivity contribution in [2.75, 3.05) is 0 Å². The summed E-state index contributed by atoms with van der Waals surface area (Å²) in [6, 6.07) is 2.03. The van der Waals surface area contributed by atoms with Gasteiger partial charge in [0, 0.05) is 18.5 Å². The van der Waals surface area contributed by atoms with Crippen molar-refractivity contribution in [1.82, 2.24) is 14.8 Å². The first-order chi connectivity index (χ1) is 8.08. The molecule has 0 unspecified atom stereocenters. The molecule has 0 aliphatic rings. The number of aromatic nitrogens is 3. The van der Waals surface area contributed by atoms with E-state index < -0.39 is 11.6 Å². The Labute approximate surface area is 93.5 Å². The molecule has 17 heavy (non-hydrogen) atoms. The third-order valence-corrected chi connectivity index (χ3v) is 2.75. The number of benzene rings is 1. The second kappa shape index (κ2) is 3.13. The molecule has 1 N–H and O–H groups in total. The molecule has 0 fully saturated rings. The van der Waals surface area contributed by atoms with Gasteiger partial charge in [0.05, 0.1) is 22.6 Å². The van der Waals surface area contributed by atoms with Gasteiger partial charge < -0.3 is 4.98 Å². The number of hydrogen-bond acceptors (Lipinski definition) is 2. The molecule has 0 radical (unpaired) electrons. The highest BCUT2D eigenvalue weighted by Gasteiger charge is 2.12. The van der Waals surface area contributed by atoms with Crippen LogP contribution < -0.4 is 5.56 Å². The Morgan fingerprint density at radius 3 is 2.71 bits per heavy atom. The van der Waals surface area contributed by atoms with Crippen molar-refractivity contribution in [2.45, 2.75) is 0 Å². The molecule has 86 valence electrons. The molecule has 1 aromatic carbocycles. The van der Waals surface area contributed by atoms with Gasteiger partial charge in [0.25, 0.3) is 5.56 Å². The standard InChI is InChI=1S/C11H7F2N3O/c1-16-10-5-2-7(12)8(13)3-9(5)15-11(17)6(10)4-14-16/h2-4H,1H3,(H,15,17). The lowest BCUT2D eigenvalue weighted by Crippen LogP contribution is -2.06. The van der Waals surface area contributed by atoms with E-state index in [0.29, 0.717) is 16.3 Å². The number of aryl methyl sites for hydroxylation is 1. The Balaban J connectivity index is 2.67. The first-order valence-corrected chi connectivity index (χ1v) is 4.90. The summed E-state index contributed by atoms with van der Waals surface area (Å²) in [6.07, 6.45) is 1.40. The van der Waals surface area contributed by atoms with Gasteiger partial charge in [-0.25, -0.2) is 8.78 Å². The predicted octanol–water partition coefficient (Wildman–Crippen LogP) is 1.69. The van der Waals surface area contributed by atoms with Crippen molar-refractivity contribution in [3.8, 4) is 0 Å². The number of nitrogens with zero attached hydrogens (tertiary/aromatic N) is 2. The molecule has 0 aliphatic heterocycles. The molecule has 4 nitrogen and oxygen atoms in total. The molecule has 3 rings (SSSR count). The van der Waals surface area contributed by atoms with Gasteiger partial charge in [-0.2, -0.15) is 5.10 Å². The third kappa shape index (κ3) is 1.27. The van der Waals surface area contributed by atoms with Gasteiger partial charge in [-0.1, -0.05) is 0 Å². The van der Waals surface area contributed by atoms with E-state index in [9.17, 15) is 13.6 Å². The van der Waals surface area contributed by atoms with Crippen LogP contribution in [0.25, 0.3) is 21.8 Å². The zero-order valence-electron chi connectivity index (χ0n) is 8.79. The SMILES string of the molecule is Cn1ncc2c(=O)[nH]c3cc(F)c(F)cc3c21. The second-order valence-electron chi connectivity index (χ2n) is 3.80. The van der Waals surface area contributed by atoms with E-state index in [2.05, 4.69) is 10.1 Å². The van der Waals surface area contributed by atoms with Gasteiger partial charge in [-0.15, -0.1) is 0 Å². The molecular formula is C11H7F2N3O. The molecule has 2 heterocycles. The molecule has 0 saturated carbocycles. The molecule has 0 spiro atoms. The van der Waals surface area contributed by atoms with Gasteiger partial charge in [-0.3, -0.25) is 9.48 Å². The molecule has 0 bridgehead atoms. The van der Waals surface area contributed by atoms with E-state index in [1.165, 1.54) is 10.9 Å². The van der Waals surface area contributed by atoms with Gasteiger partial charge in [0.2, 0.25) is 0 Å². The number of rotatable bonds is 0. The summed E-state index contributed by atoms with van der Waals surface area (Å²) in [5.74, 6) is -1.94. The Morgan fingerprint density at radius 1 is 1.24 bits per heavy atom. The minimum Gasteiger partial charge on any atom is -0.321 e. The Morgan fingerprint density at radius 2 is 1.94 bits per heavy atom. The maximum Gasteiger partial charge on any atom is 0.259 e. The van der Waals surface area contributed by atoms with Crippen molar-refractivity contribution in [2.24, 2.45) is 7.05 Å². The summed E-state index contributed by atoms with van der Waals surface area (Å²) in [5.41, 5.74) is 0.374. The fourth-order valence-corrected chi connectivity index (χ4v) is 1.96. The van der Waals surface area contributed by atoms with E-state index in [4.69, 9.17) is 0 Å². The summed E-state index contributed by atoms with van der Waals surface area (Å²) >= 11 is 0. The van der Waals surface area contributed by atoms with Gasteiger partial charge >= 0.3 is 0 Å². The van der Waals surface area contributed by atoms with Crippen molar-refractivity contribution >= 4 is 21.8 Å². The van der Waals surface area contributed by atoms with Gasteiger partial charge in [-0.05, 0) is 6.07 Å². The summed E-state index contributed by atoms with van der Waals surface area (Å²) < 4.78 is 27.8. The average Bonchev–Trinajstić information content (AvgIpc) is 2.65. The number of aromatic amines is 1. The number of halogens is 2. The van der Waals surface area contributed by atoms with Crippen LogP contribution in [0.2, 0.25) is 0 Å². The number of H-pyrrole nitrogens is 1. The van der Waals surface area contributed by atoms with Crippen LogP contribution in [0.4, 0.5) is 8.78 Å². The van der Waals surface area contributed by atoms with Crippen LogP contribution in [-0.2, 0) is 7.05 Å². The van der Waals surface area contributed by atoms with E-state index in [0.717, 1.165) is 12.1 Å². The Hall–Kier alpha value is -2.24. The first kappa shape index (κ1) is 9.95. The summed E-state index contributed by atoms with van der Waals surface area (Å²) in [7, 11) is 1.64. The zero-order valence-corrected chi connectivity index (χ0v) is 8.79. The van der Waals surface area contributed by atoms with Crippen molar-refractivity contribution < 1.29 is 8.78 Å². The predicted molar refractivity (Wildman–Crippen MR) is 58.8 cm³/mol. The van der Waals surface area contributed by atoms with Crippen molar-refractivity contribution in [1.29, 1.82) is 0 Å². The van der Waals surface area contributed by atoms with Crippen molar-refractivity contribution in [3.05, 3.63) is 40.3 Å². The van der Waals surface area contributed by atoms with Gasteiger partial charge in [0.15, 0.2) is 11.6 Å². The normalized spacial score (nSPS) is 11.5. The highest BCUT2D eigenvalue weighted by atomic mass is 19.2. The number of fused-ring (bicyclic) bond motifs is 3. The van der Waals surface area contributed by atoms with E-state index in [1.807, 2.05) is 0 Å².